The van der Waals surface area contributed by atoms with Crippen molar-refractivity contribution in [2.24, 2.45) is 0 Å². The molecule has 3 heterocycles. The average Bonchev–Trinajstić information content (AvgIpc) is 3.05. The molecule has 1 saturated heterocycles. The normalized spacial score (nSPS) is 14.3. The summed E-state index contributed by atoms with van der Waals surface area (Å²) in [5.74, 6) is 0.689. The van der Waals surface area contributed by atoms with Crippen LogP contribution in [-0.4, -0.2) is 52.7 Å². The molecular formula is C24H24N4O2. The van der Waals surface area contributed by atoms with Gasteiger partial charge < -0.3 is 9.80 Å². The molecule has 0 saturated carbocycles. The molecule has 1 aromatic carbocycles. The van der Waals surface area contributed by atoms with Crippen LogP contribution in [0, 0.1) is 6.92 Å². The molecule has 4 rings (SSSR count). The zero-order chi connectivity index (χ0) is 20.9. The van der Waals surface area contributed by atoms with E-state index < -0.39 is 0 Å². The van der Waals surface area contributed by atoms with Crippen LogP contribution in [0.3, 0.4) is 0 Å². The Hall–Kier alpha value is -3.54. The van der Waals surface area contributed by atoms with E-state index in [9.17, 15) is 9.59 Å². The number of carbonyl (C=O) groups excluding carboxylic acids is 2. The van der Waals surface area contributed by atoms with E-state index in [4.69, 9.17) is 0 Å². The standard InChI is InChI=1S/C24H24N4O2/c1-18-7-2-3-9-20(18)24(30)28-14-6-13-27(15-16-28)22-11-4-10-21(26-22)23(29)19-8-5-12-25-17-19/h2-5,7-12,17H,6,13-16H2,1H3. The highest BCUT2D eigenvalue weighted by Crippen LogP contribution is 2.18. The fraction of sp³-hybridized carbons (Fsp3) is 0.250. The van der Waals surface area contributed by atoms with Gasteiger partial charge in [-0.05, 0) is 49.2 Å². The van der Waals surface area contributed by atoms with Gasteiger partial charge in [-0.1, -0.05) is 24.3 Å². The van der Waals surface area contributed by atoms with Gasteiger partial charge in [0.05, 0.1) is 0 Å². The Kier molecular flexibility index (Phi) is 5.84. The first kappa shape index (κ1) is 19.8. The van der Waals surface area contributed by atoms with Gasteiger partial charge in [0.25, 0.3) is 5.91 Å². The van der Waals surface area contributed by atoms with E-state index in [0.29, 0.717) is 30.9 Å². The van der Waals surface area contributed by atoms with Gasteiger partial charge in [0.1, 0.15) is 11.5 Å². The summed E-state index contributed by atoms with van der Waals surface area (Å²) in [6.07, 6.45) is 4.04. The molecule has 6 nitrogen and oxygen atoms in total. The van der Waals surface area contributed by atoms with Crippen LogP contribution < -0.4 is 4.90 Å². The first-order valence-corrected chi connectivity index (χ1v) is 10.1. The summed E-state index contributed by atoms with van der Waals surface area (Å²) in [5.41, 5.74) is 2.67. The maximum absolute atomic E-state index is 13.0. The summed E-state index contributed by atoms with van der Waals surface area (Å²) in [6.45, 7) is 4.75. The quantitative estimate of drug-likeness (QED) is 0.628. The Bertz CT molecular complexity index is 1050. The number of ketones is 1. The topological polar surface area (TPSA) is 66.4 Å². The molecule has 1 aliphatic heterocycles. The Morgan fingerprint density at radius 1 is 0.900 bits per heavy atom. The summed E-state index contributed by atoms with van der Waals surface area (Å²) < 4.78 is 0. The van der Waals surface area contributed by atoms with E-state index >= 15 is 0 Å². The lowest BCUT2D eigenvalue weighted by Gasteiger charge is -2.23. The number of aromatic nitrogens is 2. The lowest BCUT2D eigenvalue weighted by atomic mass is 10.1. The summed E-state index contributed by atoms with van der Waals surface area (Å²) in [5, 5.41) is 0. The van der Waals surface area contributed by atoms with Gasteiger partial charge in [-0.25, -0.2) is 4.98 Å². The summed E-state index contributed by atoms with van der Waals surface area (Å²) in [6, 6.07) is 16.7. The third-order valence-corrected chi connectivity index (χ3v) is 5.37. The average molecular weight is 400 g/mol. The highest BCUT2D eigenvalue weighted by Gasteiger charge is 2.22. The van der Waals surface area contributed by atoms with Crippen molar-refractivity contribution in [3.05, 3.63) is 89.4 Å². The molecule has 1 amide bonds. The molecule has 1 fully saturated rings. The summed E-state index contributed by atoms with van der Waals surface area (Å²) in [4.78, 5) is 38.3. The van der Waals surface area contributed by atoms with Crippen LogP contribution in [-0.2, 0) is 0 Å². The molecule has 6 heteroatoms. The fourth-order valence-electron chi connectivity index (χ4n) is 3.70. The SMILES string of the molecule is Cc1ccccc1C(=O)N1CCCN(c2cccc(C(=O)c3cccnc3)n2)CC1. The third-order valence-electron chi connectivity index (χ3n) is 5.37. The molecule has 30 heavy (non-hydrogen) atoms. The first-order chi connectivity index (χ1) is 14.6. The van der Waals surface area contributed by atoms with Crippen molar-refractivity contribution >= 4 is 17.5 Å². The van der Waals surface area contributed by atoms with Gasteiger partial charge in [-0.3, -0.25) is 14.6 Å². The molecule has 0 unspecified atom stereocenters. The minimum absolute atomic E-state index is 0.0726. The van der Waals surface area contributed by atoms with Crippen molar-refractivity contribution in [1.29, 1.82) is 0 Å². The van der Waals surface area contributed by atoms with Crippen LogP contribution in [0.1, 0.15) is 38.4 Å². The first-order valence-electron chi connectivity index (χ1n) is 10.1. The second-order valence-electron chi connectivity index (χ2n) is 7.40. The number of carbonyl (C=O) groups is 2. The van der Waals surface area contributed by atoms with Crippen molar-refractivity contribution in [1.82, 2.24) is 14.9 Å². The highest BCUT2D eigenvalue weighted by atomic mass is 16.2. The largest absolute Gasteiger partial charge is 0.355 e. The van der Waals surface area contributed by atoms with E-state index in [-0.39, 0.29) is 11.7 Å². The Morgan fingerprint density at radius 3 is 2.57 bits per heavy atom. The van der Waals surface area contributed by atoms with Gasteiger partial charge in [0, 0.05) is 49.7 Å². The summed E-state index contributed by atoms with van der Waals surface area (Å²) >= 11 is 0. The number of nitrogens with zero attached hydrogens (tertiary/aromatic N) is 4. The number of benzene rings is 1. The number of hydrogen-bond donors (Lipinski definition) is 0. The van der Waals surface area contributed by atoms with E-state index in [0.717, 1.165) is 29.9 Å². The molecule has 0 spiro atoms. The van der Waals surface area contributed by atoms with Crippen LogP contribution >= 0.6 is 0 Å². The molecule has 0 radical (unpaired) electrons. The number of aryl methyl sites for hydroxylation is 1. The van der Waals surface area contributed by atoms with E-state index in [1.165, 1.54) is 0 Å². The third kappa shape index (κ3) is 4.22. The summed E-state index contributed by atoms with van der Waals surface area (Å²) in [7, 11) is 0. The fourth-order valence-corrected chi connectivity index (χ4v) is 3.70. The number of rotatable bonds is 4. The van der Waals surface area contributed by atoms with Crippen LogP contribution in [0.4, 0.5) is 5.82 Å². The molecular weight excluding hydrogens is 376 g/mol. The molecule has 0 atom stereocenters. The van der Waals surface area contributed by atoms with Crippen LogP contribution in [0.25, 0.3) is 0 Å². The Morgan fingerprint density at radius 2 is 1.77 bits per heavy atom. The zero-order valence-electron chi connectivity index (χ0n) is 17.0. The lowest BCUT2D eigenvalue weighted by molar-refractivity contribution is 0.0766. The Balaban J connectivity index is 1.48. The van der Waals surface area contributed by atoms with Gasteiger partial charge in [-0.2, -0.15) is 0 Å². The van der Waals surface area contributed by atoms with Crippen molar-refractivity contribution in [3.8, 4) is 0 Å². The van der Waals surface area contributed by atoms with Gasteiger partial charge in [0.2, 0.25) is 5.78 Å². The molecule has 0 aliphatic carbocycles. The monoisotopic (exact) mass is 400 g/mol. The molecule has 2 aromatic heterocycles. The van der Waals surface area contributed by atoms with Crippen LogP contribution in [0.15, 0.2) is 67.0 Å². The second-order valence-corrected chi connectivity index (χ2v) is 7.40. The van der Waals surface area contributed by atoms with Crippen molar-refractivity contribution in [3.63, 3.8) is 0 Å². The smallest absolute Gasteiger partial charge is 0.254 e. The van der Waals surface area contributed by atoms with Gasteiger partial charge >= 0.3 is 0 Å². The predicted octanol–water partition coefficient (Wildman–Crippen LogP) is 3.37. The maximum atomic E-state index is 13.0. The molecule has 152 valence electrons. The molecule has 0 bridgehead atoms. The van der Waals surface area contributed by atoms with Crippen molar-refractivity contribution in [2.75, 3.05) is 31.1 Å². The molecule has 3 aromatic rings. The molecule has 0 N–H and O–H groups in total. The number of pyridine rings is 2. The van der Waals surface area contributed by atoms with E-state index in [2.05, 4.69) is 14.9 Å². The molecule has 1 aliphatic rings. The minimum Gasteiger partial charge on any atom is -0.355 e. The predicted molar refractivity (Wildman–Crippen MR) is 116 cm³/mol. The number of hydrogen-bond acceptors (Lipinski definition) is 5. The second kappa shape index (κ2) is 8.86. The van der Waals surface area contributed by atoms with Gasteiger partial charge in [-0.15, -0.1) is 0 Å². The van der Waals surface area contributed by atoms with Crippen LogP contribution in [0.2, 0.25) is 0 Å². The van der Waals surface area contributed by atoms with Crippen LogP contribution in [0.5, 0.6) is 0 Å². The maximum Gasteiger partial charge on any atom is 0.254 e. The zero-order valence-corrected chi connectivity index (χ0v) is 17.0. The number of amides is 1. The number of anilines is 1. The van der Waals surface area contributed by atoms with Crippen molar-refractivity contribution < 1.29 is 9.59 Å². The minimum atomic E-state index is -0.142. The van der Waals surface area contributed by atoms with E-state index in [1.807, 2.05) is 48.2 Å². The van der Waals surface area contributed by atoms with Gasteiger partial charge in [0.15, 0.2) is 0 Å². The lowest BCUT2D eigenvalue weighted by Crippen LogP contribution is -2.35. The van der Waals surface area contributed by atoms with Crippen molar-refractivity contribution in [2.45, 2.75) is 13.3 Å². The highest BCUT2D eigenvalue weighted by molar-refractivity contribution is 6.07. The van der Waals surface area contributed by atoms with E-state index in [1.54, 1.807) is 30.6 Å². The Labute approximate surface area is 176 Å².